The third-order valence-corrected chi connectivity index (χ3v) is 3.38. The van der Waals surface area contributed by atoms with Crippen LogP contribution in [0.3, 0.4) is 0 Å². The Bertz CT molecular complexity index is 755. The maximum atomic E-state index is 12.0. The minimum absolute atomic E-state index is 0.0391. The van der Waals surface area contributed by atoms with Gasteiger partial charge in [0, 0.05) is 30.7 Å². The number of pyridine rings is 1. The Morgan fingerprint density at radius 3 is 2.74 bits per heavy atom. The molecule has 23 heavy (non-hydrogen) atoms. The van der Waals surface area contributed by atoms with E-state index in [9.17, 15) is 14.8 Å². The Balaban J connectivity index is 2.23. The molecule has 1 aromatic heterocycles. The van der Waals surface area contributed by atoms with Crippen molar-refractivity contribution in [3.63, 3.8) is 0 Å². The number of benzene rings is 1. The summed E-state index contributed by atoms with van der Waals surface area (Å²) in [6.07, 6.45) is 1.53. The summed E-state index contributed by atoms with van der Waals surface area (Å²) >= 11 is 0. The summed E-state index contributed by atoms with van der Waals surface area (Å²) in [5.74, 6) is -0.173. The number of hydrogen-bond donors (Lipinski definition) is 2. The molecule has 0 bridgehead atoms. The van der Waals surface area contributed by atoms with E-state index in [1.54, 1.807) is 4.57 Å². The van der Waals surface area contributed by atoms with Crippen LogP contribution < -0.4 is 16.0 Å². The molecule has 1 heterocycles. The monoisotopic (exact) mass is 319 g/mol. The van der Waals surface area contributed by atoms with Crippen molar-refractivity contribution in [2.45, 2.75) is 6.54 Å². The third-order valence-electron chi connectivity index (χ3n) is 3.38. The number of nitrogens with zero attached hydrogens (tertiary/aromatic N) is 3. The molecule has 2 aromatic rings. The number of carbonyl (C=O) groups is 1. The summed E-state index contributed by atoms with van der Waals surface area (Å²) in [7, 11) is 3.83. The van der Waals surface area contributed by atoms with E-state index < -0.39 is 0 Å². The molecule has 1 amide bonds. The molecule has 0 saturated carbocycles. The maximum Gasteiger partial charge on any atom is 0.239 e. The molecule has 1 aromatic carbocycles. The molecular weight excluding hydrogens is 300 g/mol. The molecule has 0 fully saturated rings. The lowest BCUT2D eigenvalue weighted by Gasteiger charge is -2.22. The fourth-order valence-electron chi connectivity index (χ4n) is 2.19. The fraction of sp³-hybridized carbons (Fsp3) is 0.333. The highest BCUT2D eigenvalue weighted by molar-refractivity contribution is 5.84. The van der Waals surface area contributed by atoms with E-state index in [4.69, 9.17) is 5.21 Å². The van der Waals surface area contributed by atoms with Gasteiger partial charge >= 0.3 is 0 Å². The third kappa shape index (κ3) is 4.28. The number of carbonyl (C=O) groups excluding carboxylic acids is 1. The van der Waals surface area contributed by atoms with Crippen molar-refractivity contribution >= 4 is 22.5 Å². The highest BCUT2D eigenvalue weighted by atomic mass is 16.8. The molecule has 0 aliphatic rings. The normalized spacial score (nSPS) is 11.0. The molecule has 124 valence electrons. The van der Waals surface area contributed by atoms with E-state index in [-0.39, 0.29) is 34.2 Å². The Labute approximate surface area is 133 Å². The van der Waals surface area contributed by atoms with Crippen LogP contribution in [0.2, 0.25) is 0 Å². The van der Waals surface area contributed by atoms with Crippen LogP contribution in [0.1, 0.15) is 0 Å². The molecule has 8 heteroatoms. The first-order valence-electron chi connectivity index (χ1n) is 7.09. The zero-order chi connectivity index (χ0) is 17.0. The predicted octanol–water partition coefficient (Wildman–Crippen LogP) is 0.373. The number of nitrogens with one attached hydrogen (secondary N) is 1. The first-order valence-corrected chi connectivity index (χ1v) is 7.09. The van der Waals surface area contributed by atoms with Gasteiger partial charge in [-0.1, -0.05) is 0 Å². The topological polar surface area (TPSA) is 101 Å². The van der Waals surface area contributed by atoms with Gasteiger partial charge in [-0.15, -0.1) is 0 Å². The Kier molecular flexibility index (Phi) is 5.32. The first-order chi connectivity index (χ1) is 10.9. The van der Waals surface area contributed by atoms with E-state index in [0.717, 1.165) is 6.54 Å². The minimum Gasteiger partial charge on any atom is -0.733 e. The second kappa shape index (κ2) is 7.23. The lowest BCUT2D eigenvalue weighted by molar-refractivity contribution is -0.121. The van der Waals surface area contributed by atoms with Gasteiger partial charge in [0.1, 0.15) is 6.54 Å². The van der Waals surface area contributed by atoms with Crippen LogP contribution in [0.4, 0.5) is 5.69 Å². The number of hydrogen-bond acceptors (Lipinski definition) is 6. The van der Waals surface area contributed by atoms with Gasteiger partial charge in [0.05, 0.1) is 11.2 Å². The van der Waals surface area contributed by atoms with Crippen molar-refractivity contribution in [2.24, 2.45) is 0 Å². The number of anilines is 1. The largest absolute Gasteiger partial charge is 0.733 e. The molecule has 0 radical (unpaired) electrons. The molecule has 0 spiro atoms. The van der Waals surface area contributed by atoms with Crippen LogP contribution in [0.25, 0.3) is 10.9 Å². The van der Waals surface area contributed by atoms with Crippen molar-refractivity contribution in [3.8, 4) is 0 Å². The van der Waals surface area contributed by atoms with Gasteiger partial charge in [-0.3, -0.25) is 14.8 Å². The van der Waals surface area contributed by atoms with Gasteiger partial charge in [-0.2, -0.15) is 0 Å². The zero-order valence-electron chi connectivity index (χ0n) is 13.0. The Morgan fingerprint density at radius 1 is 1.35 bits per heavy atom. The van der Waals surface area contributed by atoms with Crippen LogP contribution in [-0.4, -0.2) is 47.8 Å². The average molecular weight is 319 g/mol. The molecule has 0 unspecified atom stereocenters. The van der Waals surface area contributed by atoms with Gasteiger partial charge in [-0.25, -0.2) is 0 Å². The van der Waals surface area contributed by atoms with Crippen molar-refractivity contribution in [2.75, 3.05) is 32.4 Å². The molecule has 0 aliphatic heterocycles. The van der Waals surface area contributed by atoms with Crippen LogP contribution >= 0.6 is 0 Å². The highest BCUT2D eigenvalue weighted by Gasteiger charge is 2.08. The molecule has 0 aliphatic carbocycles. The van der Waals surface area contributed by atoms with Crippen LogP contribution in [0.15, 0.2) is 35.3 Å². The number of aromatic nitrogens is 1. The summed E-state index contributed by atoms with van der Waals surface area (Å²) in [5, 5.41) is 22.6. The van der Waals surface area contributed by atoms with Crippen molar-refractivity contribution in [1.82, 2.24) is 14.8 Å². The molecular formula is C15H19N4O4-. The number of likely N-dealkylation sites (N-methyl/N-ethyl adjacent to an activating group) is 1. The highest BCUT2D eigenvalue weighted by Crippen LogP contribution is 2.18. The maximum absolute atomic E-state index is 12.0. The molecule has 8 nitrogen and oxygen atoms in total. The van der Waals surface area contributed by atoms with E-state index in [2.05, 4.69) is 5.32 Å². The van der Waals surface area contributed by atoms with Gasteiger partial charge in [-0.05, 0) is 32.3 Å². The molecule has 0 atom stereocenters. The second-order valence-electron chi connectivity index (χ2n) is 5.44. The van der Waals surface area contributed by atoms with Gasteiger partial charge in [0.2, 0.25) is 5.91 Å². The van der Waals surface area contributed by atoms with Crippen LogP contribution in [0.5, 0.6) is 0 Å². The van der Waals surface area contributed by atoms with E-state index >= 15 is 0 Å². The fourth-order valence-corrected chi connectivity index (χ4v) is 2.19. The summed E-state index contributed by atoms with van der Waals surface area (Å²) in [6.45, 7) is 1.32. The minimum atomic E-state index is -0.301. The Hall–Kier alpha value is -2.42. The quantitative estimate of drug-likeness (QED) is 0.746. The number of rotatable bonds is 6. The van der Waals surface area contributed by atoms with Crippen LogP contribution in [-0.2, 0) is 11.3 Å². The standard InChI is InChI=1S/C15H19N4O4/c1-17(2)8-6-16-15(21)10-18-7-5-14(20)12-9-11(19(22)23)3-4-13(12)18/h3-5,7,9,22H,6,8,10H2,1-2H3,(H,16,21)/q-1. The summed E-state index contributed by atoms with van der Waals surface area (Å²) in [4.78, 5) is 25.8. The predicted molar refractivity (Wildman–Crippen MR) is 87.4 cm³/mol. The van der Waals surface area contributed by atoms with Gasteiger partial charge < -0.3 is 25.2 Å². The summed E-state index contributed by atoms with van der Waals surface area (Å²) in [6, 6.07) is 5.53. The molecule has 2 rings (SSSR count). The number of fused-ring (bicyclic) bond motifs is 1. The number of amides is 1. The summed E-state index contributed by atoms with van der Waals surface area (Å²) in [5.41, 5.74) is 0.196. The Morgan fingerprint density at radius 2 is 2.09 bits per heavy atom. The van der Waals surface area contributed by atoms with E-state index in [0.29, 0.717) is 12.1 Å². The van der Waals surface area contributed by atoms with Gasteiger partial charge in [0.25, 0.3) is 0 Å². The van der Waals surface area contributed by atoms with E-state index in [1.807, 2.05) is 19.0 Å². The lowest BCUT2D eigenvalue weighted by atomic mass is 10.2. The van der Waals surface area contributed by atoms with Crippen LogP contribution in [0, 0.1) is 5.21 Å². The average Bonchev–Trinajstić information content (AvgIpc) is 2.49. The second-order valence-corrected chi connectivity index (χ2v) is 5.44. The first kappa shape index (κ1) is 16.9. The molecule has 2 N–H and O–H groups in total. The molecule has 0 saturated heterocycles. The van der Waals surface area contributed by atoms with Crippen molar-refractivity contribution in [1.29, 1.82) is 0 Å². The zero-order valence-corrected chi connectivity index (χ0v) is 13.0. The summed E-state index contributed by atoms with van der Waals surface area (Å²) < 4.78 is 1.62. The lowest BCUT2D eigenvalue weighted by Crippen LogP contribution is -2.33. The van der Waals surface area contributed by atoms with Gasteiger partial charge in [0.15, 0.2) is 5.43 Å². The van der Waals surface area contributed by atoms with Crippen molar-refractivity contribution in [3.05, 3.63) is 45.9 Å². The SMILES string of the molecule is CN(C)CCNC(=O)Cn1ccc(=O)c2cc(N([O-])O)ccc21. The smallest absolute Gasteiger partial charge is 0.239 e. The van der Waals surface area contributed by atoms with Crippen molar-refractivity contribution < 1.29 is 10.0 Å². The van der Waals surface area contributed by atoms with E-state index in [1.165, 1.54) is 30.5 Å².